The number of hydrogen-bond acceptors (Lipinski definition) is 2. The molecular weight excluding hydrogens is 252 g/mol. The van der Waals surface area contributed by atoms with Crippen LogP contribution in [0, 0.1) is 17.3 Å². The number of hydroxylamine groups is 2. The topological polar surface area (TPSA) is 35.9 Å². The van der Waals surface area contributed by atoms with Gasteiger partial charge in [0.1, 0.15) is 0 Å². The molecule has 0 bridgehead atoms. The summed E-state index contributed by atoms with van der Waals surface area (Å²) in [6.07, 6.45) is 1.10. The van der Waals surface area contributed by atoms with Gasteiger partial charge in [0.2, 0.25) is 6.23 Å². The van der Waals surface area contributed by atoms with Crippen molar-refractivity contribution in [2.75, 3.05) is 13.1 Å². The molecule has 0 N–H and O–H groups in total. The predicted octanol–water partition coefficient (Wildman–Crippen LogP) is 3.03. The first-order valence-electron chi connectivity index (χ1n) is 7.42. The number of carbonyl (C=O) groups is 1. The molecule has 1 saturated carbocycles. The lowest BCUT2D eigenvalue weighted by atomic mass is 9.92. The van der Waals surface area contributed by atoms with E-state index in [0.29, 0.717) is 17.3 Å². The molecule has 0 aromatic heterocycles. The van der Waals surface area contributed by atoms with Crippen molar-refractivity contribution < 1.29 is 9.63 Å². The van der Waals surface area contributed by atoms with Crippen molar-refractivity contribution in [3.63, 3.8) is 0 Å². The summed E-state index contributed by atoms with van der Waals surface area (Å²) in [7, 11) is 0. The van der Waals surface area contributed by atoms with Crippen LogP contribution in [0.4, 0.5) is 4.79 Å². The second-order valence-electron chi connectivity index (χ2n) is 6.65. The lowest BCUT2D eigenvalue weighted by Gasteiger charge is -2.22. The number of fused-ring (bicyclic) bond motifs is 1. The van der Waals surface area contributed by atoms with Crippen molar-refractivity contribution in [1.29, 1.82) is 0 Å². The average Bonchev–Trinajstić information content (AvgIpc) is 3.36. The third-order valence-electron chi connectivity index (χ3n) is 5.28. The van der Waals surface area contributed by atoms with Gasteiger partial charge in [0.05, 0.1) is 0 Å². The Labute approximate surface area is 119 Å². The Kier molecular flexibility index (Phi) is 2.43. The van der Waals surface area contributed by atoms with Gasteiger partial charge in [-0.1, -0.05) is 44.2 Å². The van der Waals surface area contributed by atoms with E-state index in [-0.39, 0.29) is 12.3 Å². The van der Waals surface area contributed by atoms with E-state index in [4.69, 9.17) is 4.84 Å². The summed E-state index contributed by atoms with van der Waals surface area (Å²) < 4.78 is 0. The number of nitrogens with zero attached hydrogens (tertiary/aromatic N) is 2. The van der Waals surface area contributed by atoms with E-state index in [1.54, 1.807) is 0 Å². The van der Waals surface area contributed by atoms with Gasteiger partial charge in [0.15, 0.2) is 0 Å². The number of carbonyl (C=O) groups excluding carboxylic acids is 1. The summed E-state index contributed by atoms with van der Waals surface area (Å²) in [6.45, 7) is 6.34. The Bertz CT molecular complexity index is 545. The SMILES string of the molecule is CC(C)[C@]12C[C@H]1CN(C(=O)N1OC1c1ccccc1)C2. The molecule has 1 aliphatic carbocycles. The molecule has 2 aliphatic heterocycles. The third-order valence-corrected chi connectivity index (χ3v) is 5.28. The van der Waals surface area contributed by atoms with Crippen molar-refractivity contribution in [1.82, 2.24) is 9.96 Å². The number of hydrogen-bond donors (Lipinski definition) is 0. The van der Waals surface area contributed by atoms with Gasteiger partial charge in [-0.05, 0) is 23.7 Å². The van der Waals surface area contributed by atoms with Crippen LogP contribution in [0.15, 0.2) is 30.3 Å². The van der Waals surface area contributed by atoms with Crippen LogP contribution in [0.2, 0.25) is 0 Å². The van der Waals surface area contributed by atoms with Crippen LogP contribution in [0.25, 0.3) is 0 Å². The van der Waals surface area contributed by atoms with E-state index in [1.807, 2.05) is 35.2 Å². The minimum atomic E-state index is -0.185. The molecule has 4 rings (SSSR count). The van der Waals surface area contributed by atoms with E-state index < -0.39 is 0 Å². The van der Waals surface area contributed by atoms with Gasteiger partial charge >= 0.3 is 6.03 Å². The highest BCUT2D eigenvalue weighted by Gasteiger charge is 2.63. The zero-order valence-corrected chi connectivity index (χ0v) is 12.0. The fourth-order valence-electron chi connectivity index (χ4n) is 3.74. The zero-order valence-electron chi connectivity index (χ0n) is 12.0. The molecule has 1 aromatic carbocycles. The maximum atomic E-state index is 12.4. The molecule has 2 amide bonds. The molecule has 4 nitrogen and oxygen atoms in total. The van der Waals surface area contributed by atoms with Crippen LogP contribution in [-0.4, -0.2) is 29.1 Å². The van der Waals surface area contributed by atoms with Crippen molar-refractivity contribution in [2.24, 2.45) is 17.3 Å². The van der Waals surface area contributed by atoms with Gasteiger partial charge in [0, 0.05) is 18.7 Å². The van der Waals surface area contributed by atoms with Crippen LogP contribution >= 0.6 is 0 Å². The molecular formula is C16H20N2O2. The van der Waals surface area contributed by atoms with Crippen LogP contribution < -0.4 is 0 Å². The van der Waals surface area contributed by atoms with Crippen LogP contribution in [0.5, 0.6) is 0 Å². The predicted molar refractivity (Wildman–Crippen MR) is 74.5 cm³/mol. The zero-order chi connectivity index (χ0) is 13.9. The Hall–Kier alpha value is -1.55. The number of urea groups is 1. The quantitative estimate of drug-likeness (QED) is 0.776. The summed E-state index contributed by atoms with van der Waals surface area (Å²) in [5.41, 5.74) is 1.44. The molecule has 3 fully saturated rings. The highest BCUT2D eigenvalue weighted by molar-refractivity contribution is 5.76. The maximum absolute atomic E-state index is 12.4. The Morgan fingerprint density at radius 2 is 2.10 bits per heavy atom. The van der Waals surface area contributed by atoms with E-state index in [2.05, 4.69) is 13.8 Å². The van der Waals surface area contributed by atoms with Gasteiger partial charge in [-0.25, -0.2) is 9.63 Å². The van der Waals surface area contributed by atoms with E-state index >= 15 is 0 Å². The monoisotopic (exact) mass is 272 g/mol. The van der Waals surface area contributed by atoms with Gasteiger partial charge < -0.3 is 4.90 Å². The smallest absolute Gasteiger partial charge is 0.322 e. The van der Waals surface area contributed by atoms with Gasteiger partial charge in [-0.2, -0.15) is 5.06 Å². The van der Waals surface area contributed by atoms with Crippen molar-refractivity contribution in [3.8, 4) is 0 Å². The largest absolute Gasteiger partial charge is 0.346 e. The van der Waals surface area contributed by atoms with Crippen molar-refractivity contribution >= 4 is 6.03 Å². The summed E-state index contributed by atoms with van der Waals surface area (Å²) in [6, 6.07) is 9.94. The molecule has 4 heteroatoms. The second kappa shape index (κ2) is 3.98. The summed E-state index contributed by atoms with van der Waals surface area (Å²) in [4.78, 5) is 19.9. The number of likely N-dealkylation sites (tertiary alicyclic amines) is 1. The third kappa shape index (κ3) is 1.67. The van der Waals surface area contributed by atoms with E-state index in [0.717, 1.165) is 18.7 Å². The molecule has 3 atom stereocenters. The first-order chi connectivity index (χ1) is 9.62. The normalized spacial score (nSPS) is 34.4. The number of rotatable bonds is 2. The molecule has 0 spiro atoms. The molecule has 20 heavy (non-hydrogen) atoms. The average molecular weight is 272 g/mol. The fourth-order valence-corrected chi connectivity index (χ4v) is 3.74. The summed E-state index contributed by atoms with van der Waals surface area (Å²) >= 11 is 0. The first kappa shape index (κ1) is 12.2. The van der Waals surface area contributed by atoms with Crippen LogP contribution in [-0.2, 0) is 4.84 Å². The molecule has 2 saturated heterocycles. The van der Waals surface area contributed by atoms with Gasteiger partial charge in [-0.3, -0.25) is 0 Å². The van der Waals surface area contributed by atoms with Gasteiger partial charge in [-0.15, -0.1) is 0 Å². The number of benzene rings is 1. The summed E-state index contributed by atoms with van der Waals surface area (Å²) in [5.74, 6) is 1.37. The minimum absolute atomic E-state index is 0.0334. The minimum Gasteiger partial charge on any atom is -0.322 e. The summed E-state index contributed by atoms with van der Waals surface area (Å²) in [5, 5.41) is 1.51. The standard InChI is InChI=1S/C16H20N2O2/c1-11(2)16-8-13(16)9-17(10-16)15(19)18-14(20-18)12-6-4-3-5-7-12/h3-7,11,13-14H,8-10H2,1-2H3/t13-,14?,16+,18?/m0/s1. The molecule has 2 heterocycles. The van der Waals surface area contributed by atoms with Gasteiger partial charge in [0.25, 0.3) is 0 Å². The molecule has 0 radical (unpaired) electrons. The van der Waals surface area contributed by atoms with Crippen LogP contribution in [0.1, 0.15) is 32.1 Å². The van der Waals surface area contributed by atoms with Crippen LogP contribution in [0.3, 0.4) is 0 Å². The Morgan fingerprint density at radius 3 is 2.75 bits per heavy atom. The van der Waals surface area contributed by atoms with Crippen molar-refractivity contribution in [2.45, 2.75) is 26.5 Å². The molecule has 1 aromatic rings. The van der Waals surface area contributed by atoms with Crippen molar-refractivity contribution in [3.05, 3.63) is 35.9 Å². The lowest BCUT2D eigenvalue weighted by molar-refractivity contribution is 0.137. The number of amides is 2. The fraction of sp³-hybridized carbons (Fsp3) is 0.562. The highest BCUT2D eigenvalue weighted by atomic mass is 16.8. The Morgan fingerprint density at radius 1 is 1.35 bits per heavy atom. The van der Waals surface area contributed by atoms with E-state index in [9.17, 15) is 4.79 Å². The number of piperidine rings is 1. The maximum Gasteiger partial charge on any atom is 0.346 e. The first-order valence-corrected chi connectivity index (χ1v) is 7.42. The molecule has 3 aliphatic rings. The molecule has 1 unspecified atom stereocenters. The lowest BCUT2D eigenvalue weighted by Crippen LogP contribution is -2.36. The highest BCUT2D eigenvalue weighted by Crippen LogP contribution is 2.62. The molecule has 106 valence electrons. The van der Waals surface area contributed by atoms with E-state index in [1.165, 1.54) is 11.5 Å². The second-order valence-corrected chi connectivity index (χ2v) is 6.65. The Balaban J connectivity index is 1.42.